The minimum Gasteiger partial charge on any atom is -0.287 e. The number of hydrogen-bond acceptors (Lipinski definition) is 0. The van der Waals surface area contributed by atoms with Crippen molar-refractivity contribution in [2.24, 2.45) is 0 Å². The highest BCUT2D eigenvalue weighted by Gasteiger charge is 2.08. The van der Waals surface area contributed by atoms with Crippen molar-refractivity contribution in [3.8, 4) is 0 Å². The van der Waals surface area contributed by atoms with Crippen LogP contribution in [-0.2, 0) is 0 Å². The number of rotatable bonds is 2. The number of benzene rings is 1. The van der Waals surface area contributed by atoms with Gasteiger partial charge in [-0.3, -0.25) is 4.48 Å². The van der Waals surface area contributed by atoms with Gasteiger partial charge in [0.1, 0.15) is 12.4 Å². The largest absolute Gasteiger partial charge is 0.579 e. The van der Waals surface area contributed by atoms with Crippen LogP contribution in [0.5, 0.6) is 0 Å². The molecule has 2 rings (SSSR count). The van der Waals surface area contributed by atoms with E-state index in [1.165, 1.54) is 0 Å². The Kier molecular flexibility index (Phi) is 2.85. The number of nitrogens with zero attached hydrogens (tertiary/aromatic N) is 1. The van der Waals surface area contributed by atoms with E-state index >= 15 is 0 Å². The van der Waals surface area contributed by atoms with Gasteiger partial charge in [-0.25, -0.2) is 0 Å². The zero-order valence-corrected chi connectivity index (χ0v) is 8.35. The molecular weight excluding hydrogens is 192 g/mol. The van der Waals surface area contributed by atoms with Crippen molar-refractivity contribution in [3.63, 3.8) is 0 Å². The van der Waals surface area contributed by atoms with Crippen molar-refractivity contribution in [3.05, 3.63) is 59.9 Å². The van der Waals surface area contributed by atoms with Gasteiger partial charge >= 0.3 is 7.41 Å². The van der Waals surface area contributed by atoms with E-state index in [4.69, 9.17) is 11.6 Å². The summed E-state index contributed by atoms with van der Waals surface area (Å²) in [5.41, 5.74) is 1.13. The molecule has 14 heavy (non-hydrogen) atoms. The molecule has 0 atom stereocenters. The second-order valence-corrected chi connectivity index (χ2v) is 3.44. The standard InChI is InChI=1S/C11H9BClN/c13-11-6-4-10(5-7-11)12-14-8-2-1-3-9-14/h1-9H/q+1. The molecule has 0 aliphatic rings. The molecule has 1 heterocycles. The van der Waals surface area contributed by atoms with Gasteiger partial charge in [0.15, 0.2) is 0 Å². The van der Waals surface area contributed by atoms with Crippen LogP contribution in [0.2, 0.25) is 5.02 Å². The Morgan fingerprint density at radius 1 is 0.929 bits per heavy atom. The Labute approximate surface area is 89.2 Å². The molecular formula is C11H9BClN+. The highest BCUT2D eigenvalue weighted by Crippen LogP contribution is 2.02. The Balaban J connectivity index is 2.16. The van der Waals surface area contributed by atoms with E-state index in [2.05, 4.69) is 0 Å². The second kappa shape index (κ2) is 4.29. The first-order valence-electron chi connectivity index (χ1n) is 4.41. The van der Waals surface area contributed by atoms with Crippen LogP contribution in [0.4, 0.5) is 0 Å². The molecule has 0 aliphatic carbocycles. The molecule has 1 aromatic carbocycles. The number of hydrogen-bond donors (Lipinski definition) is 0. The predicted molar refractivity (Wildman–Crippen MR) is 58.9 cm³/mol. The lowest BCUT2D eigenvalue weighted by molar-refractivity contribution is -0.527. The first-order chi connectivity index (χ1) is 6.84. The van der Waals surface area contributed by atoms with Crippen molar-refractivity contribution in [1.82, 2.24) is 0 Å². The zero-order valence-electron chi connectivity index (χ0n) is 7.60. The van der Waals surface area contributed by atoms with Gasteiger partial charge in [-0.05, 0) is 29.7 Å². The van der Waals surface area contributed by atoms with Crippen LogP contribution in [0.3, 0.4) is 0 Å². The minimum atomic E-state index is 0.764. The Hall–Kier alpha value is -1.28. The maximum atomic E-state index is 5.79. The monoisotopic (exact) mass is 201 g/mol. The molecule has 2 aromatic rings. The zero-order chi connectivity index (χ0) is 9.80. The van der Waals surface area contributed by atoms with Crippen LogP contribution in [-0.4, -0.2) is 7.41 Å². The number of halogens is 1. The lowest BCUT2D eigenvalue weighted by Gasteiger charge is -1.93. The molecule has 0 saturated carbocycles. The average Bonchev–Trinajstić information content (AvgIpc) is 2.23. The Morgan fingerprint density at radius 3 is 2.21 bits per heavy atom. The van der Waals surface area contributed by atoms with E-state index in [1.54, 1.807) is 0 Å². The molecule has 0 unspecified atom stereocenters. The second-order valence-electron chi connectivity index (χ2n) is 3.00. The van der Waals surface area contributed by atoms with Gasteiger partial charge in [0.2, 0.25) is 0 Å². The normalized spacial score (nSPS) is 9.79. The minimum absolute atomic E-state index is 0.764. The van der Waals surface area contributed by atoms with E-state index in [0.717, 1.165) is 10.5 Å². The third kappa shape index (κ3) is 2.36. The molecule has 0 saturated heterocycles. The first-order valence-corrected chi connectivity index (χ1v) is 4.78. The van der Waals surface area contributed by atoms with Gasteiger partial charge in [-0.1, -0.05) is 29.8 Å². The summed E-state index contributed by atoms with van der Waals surface area (Å²) in [7, 11) is 2.04. The lowest BCUT2D eigenvalue weighted by Crippen LogP contribution is -2.45. The van der Waals surface area contributed by atoms with Crippen LogP contribution in [0.25, 0.3) is 0 Å². The van der Waals surface area contributed by atoms with Crippen molar-refractivity contribution in [2.45, 2.75) is 0 Å². The summed E-state index contributed by atoms with van der Waals surface area (Å²) in [5, 5.41) is 0.764. The van der Waals surface area contributed by atoms with Crippen LogP contribution >= 0.6 is 11.6 Å². The summed E-state index contributed by atoms with van der Waals surface area (Å²) in [6, 6.07) is 13.7. The van der Waals surface area contributed by atoms with Gasteiger partial charge in [0.25, 0.3) is 0 Å². The average molecular weight is 201 g/mol. The van der Waals surface area contributed by atoms with Gasteiger partial charge in [0.05, 0.1) is 0 Å². The highest BCUT2D eigenvalue weighted by molar-refractivity contribution is 6.45. The fourth-order valence-corrected chi connectivity index (χ4v) is 1.35. The van der Waals surface area contributed by atoms with Gasteiger partial charge < -0.3 is 0 Å². The number of aromatic nitrogens is 1. The summed E-state index contributed by atoms with van der Waals surface area (Å²) < 4.78 is 2.00. The summed E-state index contributed by atoms with van der Waals surface area (Å²) >= 11 is 5.79. The Morgan fingerprint density at radius 2 is 1.57 bits per heavy atom. The van der Waals surface area contributed by atoms with Crippen LogP contribution < -0.4 is 9.94 Å². The predicted octanol–water partition coefficient (Wildman–Crippen LogP) is 1.42. The summed E-state index contributed by atoms with van der Waals surface area (Å²) in [6.45, 7) is 0. The fraction of sp³-hybridized carbons (Fsp3) is 0. The van der Waals surface area contributed by atoms with Gasteiger partial charge in [-0.15, -0.1) is 0 Å². The van der Waals surface area contributed by atoms with Crippen molar-refractivity contribution < 1.29 is 4.48 Å². The molecule has 1 nitrogen and oxygen atoms in total. The molecule has 0 aliphatic heterocycles. The fourth-order valence-electron chi connectivity index (χ4n) is 1.22. The van der Waals surface area contributed by atoms with E-state index in [0.29, 0.717) is 0 Å². The van der Waals surface area contributed by atoms with E-state index in [-0.39, 0.29) is 0 Å². The van der Waals surface area contributed by atoms with E-state index in [9.17, 15) is 0 Å². The lowest BCUT2D eigenvalue weighted by atomic mass is 9.82. The first kappa shape index (κ1) is 9.29. The van der Waals surface area contributed by atoms with Gasteiger partial charge in [0, 0.05) is 5.02 Å². The quantitative estimate of drug-likeness (QED) is 0.647. The maximum absolute atomic E-state index is 5.79. The molecule has 0 amide bonds. The Bertz CT molecular complexity index is 399. The summed E-state index contributed by atoms with van der Waals surface area (Å²) in [5.74, 6) is 0. The smallest absolute Gasteiger partial charge is 0.287 e. The van der Waals surface area contributed by atoms with Crippen molar-refractivity contribution in [1.29, 1.82) is 0 Å². The van der Waals surface area contributed by atoms with E-state index < -0.39 is 0 Å². The summed E-state index contributed by atoms with van der Waals surface area (Å²) in [6.07, 6.45) is 3.99. The third-order valence-corrected chi connectivity index (χ3v) is 2.16. The molecule has 67 valence electrons. The van der Waals surface area contributed by atoms with Crippen molar-refractivity contribution in [2.75, 3.05) is 0 Å². The highest BCUT2D eigenvalue weighted by atomic mass is 35.5. The van der Waals surface area contributed by atoms with E-state index in [1.807, 2.05) is 66.8 Å². The molecule has 3 heteroatoms. The topological polar surface area (TPSA) is 3.88 Å². The SMILES string of the molecule is Clc1ccc([B][n+]2ccccc2)cc1. The molecule has 0 spiro atoms. The van der Waals surface area contributed by atoms with Gasteiger partial charge in [-0.2, -0.15) is 0 Å². The molecule has 0 fully saturated rings. The molecule has 0 bridgehead atoms. The van der Waals surface area contributed by atoms with Crippen LogP contribution in [0, 0.1) is 0 Å². The molecule has 1 radical (unpaired) electrons. The molecule has 1 aromatic heterocycles. The van der Waals surface area contributed by atoms with Crippen LogP contribution in [0.15, 0.2) is 54.9 Å². The van der Waals surface area contributed by atoms with Crippen molar-refractivity contribution >= 4 is 24.5 Å². The van der Waals surface area contributed by atoms with Crippen LogP contribution in [0.1, 0.15) is 0 Å². The maximum Gasteiger partial charge on any atom is 0.579 e. The third-order valence-electron chi connectivity index (χ3n) is 1.91. The molecule has 0 N–H and O–H groups in total. The summed E-state index contributed by atoms with van der Waals surface area (Å²) in [4.78, 5) is 0. The number of pyridine rings is 1.